The molecule has 25 heavy (non-hydrogen) atoms. The van der Waals surface area contributed by atoms with Gasteiger partial charge in [0.25, 0.3) is 5.91 Å². The molecule has 2 aromatic carbocycles. The van der Waals surface area contributed by atoms with E-state index in [1.54, 1.807) is 11.3 Å². The van der Waals surface area contributed by atoms with Crippen LogP contribution in [0.5, 0.6) is 0 Å². The number of aromatic nitrogens is 1. The van der Waals surface area contributed by atoms with Gasteiger partial charge in [-0.2, -0.15) is 0 Å². The van der Waals surface area contributed by atoms with Crippen molar-refractivity contribution in [2.24, 2.45) is 0 Å². The Morgan fingerprint density at radius 2 is 1.84 bits per heavy atom. The van der Waals surface area contributed by atoms with Crippen LogP contribution in [0.15, 0.2) is 48.5 Å². The van der Waals surface area contributed by atoms with Crippen LogP contribution in [0.3, 0.4) is 0 Å². The highest BCUT2D eigenvalue weighted by Crippen LogP contribution is 2.20. The summed E-state index contributed by atoms with van der Waals surface area (Å²) in [4.78, 5) is 20.8. The van der Waals surface area contributed by atoms with Crippen LogP contribution in [0.25, 0.3) is 10.2 Å². The standard InChI is InChI=1S/C20H21N3OS/c1-15-6-8-16(9-7-15)20(24)23-12-10-22(11-13-23)14-19-21-17-4-2-3-5-18(17)25-19/h2-9H,10-14H2,1H3/p+1. The van der Waals surface area contributed by atoms with E-state index in [9.17, 15) is 4.79 Å². The number of nitrogens with one attached hydrogen (secondary N) is 1. The third kappa shape index (κ3) is 3.57. The van der Waals surface area contributed by atoms with Gasteiger partial charge in [-0.15, -0.1) is 11.3 Å². The van der Waals surface area contributed by atoms with Gasteiger partial charge in [0.05, 0.1) is 36.4 Å². The molecule has 0 bridgehead atoms. The van der Waals surface area contributed by atoms with Gasteiger partial charge in [0.2, 0.25) is 0 Å². The number of nitrogens with zero attached hydrogens (tertiary/aromatic N) is 2. The average molecular weight is 352 g/mol. The summed E-state index contributed by atoms with van der Waals surface area (Å²) in [7, 11) is 0. The first-order valence-electron chi connectivity index (χ1n) is 8.73. The van der Waals surface area contributed by atoms with Gasteiger partial charge in [-0.25, -0.2) is 4.98 Å². The largest absolute Gasteiger partial charge is 0.327 e. The molecule has 128 valence electrons. The van der Waals surface area contributed by atoms with Crippen LogP contribution < -0.4 is 4.90 Å². The first-order valence-corrected chi connectivity index (χ1v) is 9.55. The Bertz CT molecular complexity index is 846. The molecule has 1 aliphatic rings. The summed E-state index contributed by atoms with van der Waals surface area (Å²) in [6.07, 6.45) is 0. The van der Waals surface area contributed by atoms with Crippen LogP contribution in [0.2, 0.25) is 0 Å². The average Bonchev–Trinajstić information content (AvgIpc) is 3.05. The van der Waals surface area contributed by atoms with E-state index in [0.717, 1.165) is 43.8 Å². The molecule has 0 unspecified atom stereocenters. The minimum absolute atomic E-state index is 0.152. The van der Waals surface area contributed by atoms with Crippen molar-refractivity contribution in [2.75, 3.05) is 26.2 Å². The fraction of sp³-hybridized carbons (Fsp3) is 0.300. The second kappa shape index (κ2) is 6.94. The van der Waals surface area contributed by atoms with Crippen molar-refractivity contribution in [2.45, 2.75) is 13.5 Å². The quantitative estimate of drug-likeness (QED) is 0.784. The van der Waals surface area contributed by atoms with Crippen LogP contribution in [-0.4, -0.2) is 42.0 Å². The summed E-state index contributed by atoms with van der Waals surface area (Å²) in [5.74, 6) is 0.152. The predicted molar refractivity (Wildman–Crippen MR) is 101 cm³/mol. The molecule has 1 saturated heterocycles. The Morgan fingerprint density at radius 1 is 1.12 bits per heavy atom. The highest BCUT2D eigenvalue weighted by atomic mass is 32.1. The molecular weight excluding hydrogens is 330 g/mol. The molecule has 5 heteroatoms. The summed E-state index contributed by atoms with van der Waals surface area (Å²) < 4.78 is 1.25. The molecule has 3 aromatic rings. The molecule has 1 aromatic heterocycles. The van der Waals surface area contributed by atoms with Gasteiger partial charge in [-0.3, -0.25) is 4.79 Å². The predicted octanol–water partition coefficient (Wildman–Crippen LogP) is 2.15. The van der Waals surface area contributed by atoms with Crippen molar-refractivity contribution in [1.29, 1.82) is 0 Å². The Hall–Kier alpha value is -2.24. The van der Waals surface area contributed by atoms with E-state index < -0.39 is 0 Å². The van der Waals surface area contributed by atoms with Crippen molar-refractivity contribution in [3.05, 3.63) is 64.7 Å². The molecule has 1 aliphatic heterocycles. The first kappa shape index (κ1) is 16.2. The lowest BCUT2D eigenvalue weighted by atomic mass is 10.1. The molecule has 0 saturated carbocycles. The van der Waals surface area contributed by atoms with Crippen molar-refractivity contribution in [3.8, 4) is 0 Å². The summed E-state index contributed by atoms with van der Waals surface area (Å²) in [5, 5.41) is 1.19. The van der Waals surface area contributed by atoms with Crippen molar-refractivity contribution in [3.63, 3.8) is 0 Å². The van der Waals surface area contributed by atoms with E-state index in [2.05, 4.69) is 18.2 Å². The Kier molecular flexibility index (Phi) is 4.51. The van der Waals surface area contributed by atoms with E-state index in [-0.39, 0.29) is 5.91 Å². The number of quaternary nitrogens is 1. The molecule has 4 rings (SSSR count). The number of piperazine rings is 1. The van der Waals surface area contributed by atoms with Crippen LogP contribution in [0.1, 0.15) is 20.9 Å². The molecule has 0 radical (unpaired) electrons. The van der Waals surface area contributed by atoms with Crippen LogP contribution in [-0.2, 0) is 6.54 Å². The number of carbonyl (C=O) groups excluding carboxylic acids is 1. The Labute approximate surface area is 151 Å². The summed E-state index contributed by atoms with van der Waals surface area (Å²) in [5.41, 5.74) is 3.07. The molecule has 0 atom stereocenters. The minimum Gasteiger partial charge on any atom is -0.327 e. The van der Waals surface area contributed by atoms with Gasteiger partial charge in [-0.05, 0) is 31.2 Å². The van der Waals surface area contributed by atoms with Gasteiger partial charge in [0.1, 0.15) is 11.6 Å². The molecular formula is C20H22N3OS+. The summed E-state index contributed by atoms with van der Waals surface area (Å²) >= 11 is 1.78. The smallest absolute Gasteiger partial charge is 0.254 e. The van der Waals surface area contributed by atoms with Crippen molar-refractivity contribution in [1.82, 2.24) is 9.88 Å². The van der Waals surface area contributed by atoms with Gasteiger partial charge < -0.3 is 9.80 Å². The number of benzene rings is 2. The monoisotopic (exact) mass is 352 g/mol. The lowest BCUT2D eigenvalue weighted by molar-refractivity contribution is -0.917. The minimum atomic E-state index is 0.152. The number of carbonyl (C=O) groups is 1. The molecule has 0 spiro atoms. The third-order valence-corrected chi connectivity index (χ3v) is 5.83. The number of amides is 1. The van der Waals surface area contributed by atoms with E-state index in [0.29, 0.717) is 0 Å². The second-order valence-corrected chi connectivity index (χ2v) is 7.78. The van der Waals surface area contributed by atoms with Gasteiger partial charge in [-0.1, -0.05) is 29.8 Å². The van der Waals surface area contributed by atoms with Gasteiger partial charge in [0.15, 0.2) is 0 Å². The number of hydrogen-bond acceptors (Lipinski definition) is 3. The molecule has 1 N–H and O–H groups in total. The topological polar surface area (TPSA) is 37.6 Å². The maximum atomic E-state index is 12.6. The first-order chi connectivity index (χ1) is 12.2. The maximum absolute atomic E-state index is 12.6. The molecule has 1 fully saturated rings. The van der Waals surface area contributed by atoms with E-state index in [1.807, 2.05) is 42.2 Å². The van der Waals surface area contributed by atoms with E-state index in [4.69, 9.17) is 4.98 Å². The number of hydrogen-bond donors (Lipinski definition) is 1. The van der Waals surface area contributed by atoms with Gasteiger partial charge >= 0.3 is 0 Å². The van der Waals surface area contributed by atoms with Crippen LogP contribution in [0, 0.1) is 6.92 Å². The zero-order chi connectivity index (χ0) is 17.2. The van der Waals surface area contributed by atoms with E-state index >= 15 is 0 Å². The second-order valence-electron chi connectivity index (χ2n) is 6.66. The molecule has 2 heterocycles. The fourth-order valence-corrected chi connectivity index (χ4v) is 4.33. The molecule has 1 amide bonds. The Morgan fingerprint density at radius 3 is 2.56 bits per heavy atom. The molecule has 0 aliphatic carbocycles. The third-order valence-electron chi connectivity index (χ3n) is 4.80. The number of fused-ring (bicyclic) bond motifs is 1. The summed E-state index contributed by atoms with van der Waals surface area (Å²) in [6, 6.07) is 16.2. The normalized spacial score (nSPS) is 15.6. The number of para-hydroxylation sites is 1. The highest BCUT2D eigenvalue weighted by Gasteiger charge is 2.25. The van der Waals surface area contributed by atoms with Crippen LogP contribution in [0.4, 0.5) is 0 Å². The SMILES string of the molecule is Cc1ccc(C(=O)N2CC[NH+](Cc3nc4ccccc4s3)CC2)cc1. The lowest BCUT2D eigenvalue weighted by Gasteiger charge is -2.31. The summed E-state index contributed by atoms with van der Waals surface area (Å²) in [6.45, 7) is 6.57. The zero-order valence-electron chi connectivity index (χ0n) is 14.4. The van der Waals surface area contributed by atoms with E-state index in [1.165, 1.54) is 20.2 Å². The van der Waals surface area contributed by atoms with Crippen molar-refractivity contribution >= 4 is 27.5 Å². The maximum Gasteiger partial charge on any atom is 0.254 e. The highest BCUT2D eigenvalue weighted by molar-refractivity contribution is 7.18. The Balaban J connectivity index is 1.36. The van der Waals surface area contributed by atoms with Crippen molar-refractivity contribution < 1.29 is 9.69 Å². The van der Waals surface area contributed by atoms with Gasteiger partial charge in [0, 0.05) is 5.56 Å². The fourth-order valence-electron chi connectivity index (χ4n) is 3.29. The number of rotatable bonds is 3. The molecule has 4 nitrogen and oxygen atoms in total. The zero-order valence-corrected chi connectivity index (χ0v) is 15.2. The van der Waals surface area contributed by atoms with Crippen LogP contribution >= 0.6 is 11.3 Å². The lowest BCUT2D eigenvalue weighted by Crippen LogP contribution is -3.13. The number of aryl methyl sites for hydroxylation is 1. The number of thiazole rings is 1.